The highest BCUT2D eigenvalue weighted by Crippen LogP contribution is 2.37. The molecule has 2 saturated heterocycles. The summed E-state index contributed by atoms with van der Waals surface area (Å²) in [7, 11) is 0. The molecule has 3 amide bonds. The fourth-order valence-corrected chi connectivity index (χ4v) is 3.41. The molecule has 0 saturated carbocycles. The van der Waals surface area contributed by atoms with Crippen LogP contribution >= 0.6 is 0 Å². The van der Waals surface area contributed by atoms with Crippen LogP contribution in [0.2, 0.25) is 0 Å². The van der Waals surface area contributed by atoms with E-state index in [-0.39, 0.29) is 13.0 Å². The summed E-state index contributed by atoms with van der Waals surface area (Å²) < 4.78 is 13.9. The summed E-state index contributed by atoms with van der Waals surface area (Å²) in [5.74, 6) is -0.533. The summed E-state index contributed by atoms with van der Waals surface area (Å²) in [6.45, 7) is 0.251. The lowest BCUT2D eigenvalue weighted by Crippen LogP contribution is -2.35. The van der Waals surface area contributed by atoms with Crippen LogP contribution in [0.4, 0.5) is 14.9 Å². The van der Waals surface area contributed by atoms with Gasteiger partial charge in [-0.05, 0) is 18.6 Å². The number of hydrogen-bond acceptors (Lipinski definition) is 3. The van der Waals surface area contributed by atoms with Gasteiger partial charge in [-0.3, -0.25) is 4.79 Å². The third-order valence-corrected chi connectivity index (χ3v) is 4.50. The molecular weight excluding hydrogens is 297 g/mol. The predicted molar refractivity (Wildman–Crippen MR) is 81.6 cm³/mol. The van der Waals surface area contributed by atoms with Crippen molar-refractivity contribution in [1.29, 1.82) is 5.26 Å². The van der Waals surface area contributed by atoms with Crippen LogP contribution < -0.4 is 4.90 Å². The van der Waals surface area contributed by atoms with Crippen LogP contribution in [0.25, 0.3) is 10.8 Å². The average Bonchev–Trinajstić information content (AvgIpc) is 3.07. The van der Waals surface area contributed by atoms with Crippen molar-refractivity contribution in [3.8, 4) is 6.07 Å². The lowest BCUT2D eigenvalue weighted by molar-refractivity contribution is -0.120. The van der Waals surface area contributed by atoms with Crippen molar-refractivity contribution in [2.45, 2.75) is 18.6 Å². The van der Waals surface area contributed by atoms with Crippen molar-refractivity contribution >= 4 is 28.4 Å². The maximum atomic E-state index is 13.9. The average molecular weight is 309 g/mol. The second-order valence-electron chi connectivity index (χ2n) is 5.69. The molecule has 2 aromatic rings. The number of nitriles is 1. The second-order valence-corrected chi connectivity index (χ2v) is 5.69. The molecule has 0 N–H and O–H groups in total. The predicted octanol–water partition coefficient (Wildman–Crippen LogP) is 2.59. The van der Waals surface area contributed by atoms with E-state index in [1.54, 1.807) is 36.4 Å². The number of halogens is 1. The quantitative estimate of drug-likeness (QED) is 0.761. The maximum absolute atomic E-state index is 13.9. The lowest BCUT2D eigenvalue weighted by Gasteiger charge is -2.18. The summed E-state index contributed by atoms with van der Waals surface area (Å²) in [6.07, 6.45) is -1.12. The highest BCUT2D eigenvalue weighted by atomic mass is 19.1. The molecule has 2 atom stereocenters. The monoisotopic (exact) mass is 309 g/mol. The smallest absolute Gasteiger partial charge is 0.309 e. The fourth-order valence-electron chi connectivity index (χ4n) is 3.41. The van der Waals surface area contributed by atoms with Gasteiger partial charge in [0, 0.05) is 17.3 Å². The first-order valence-corrected chi connectivity index (χ1v) is 7.34. The van der Waals surface area contributed by atoms with E-state index >= 15 is 0 Å². The zero-order valence-corrected chi connectivity index (χ0v) is 12.1. The summed E-state index contributed by atoms with van der Waals surface area (Å²) in [4.78, 5) is 27.4. The van der Waals surface area contributed by atoms with E-state index in [4.69, 9.17) is 0 Å². The first kappa shape index (κ1) is 13.7. The Balaban J connectivity index is 1.89. The highest BCUT2D eigenvalue weighted by Gasteiger charge is 2.53. The van der Waals surface area contributed by atoms with Crippen molar-refractivity contribution in [2.24, 2.45) is 0 Å². The molecule has 4 rings (SSSR count). The second kappa shape index (κ2) is 4.78. The molecule has 0 bridgehead atoms. The van der Waals surface area contributed by atoms with Gasteiger partial charge < -0.3 is 4.90 Å². The van der Waals surface area contributed by atoms with Gasteiger partial charge in [0.05, 0.1) is 17.3 Å². The summed E-state index contributed by atoms with van der Waals surface area (Å²) in [5, 5.41) is 10.5. The van der Waals surface area contributed by atoms with Gasteiger partial charge >= 0.3 is 6.03 Å². The van der Waals surface area contributed by atoms with Crippen molar-refractivity contribution in [3.05, 3.63) is 42.0 Å². The molecular formula is C17H12FN3O2. The molecule has 2 aliphatic heterocycles. The van der Waals surface area contributed by atoms with Gasteiger partial charge in [-0.15, -0.1) is 0 Å². The summed E-state index contributed by atoms with van der Waals surface area (Å²) in [5.41, 5.74) is 0.864. The number of fused-ring (bicyclic) bond motifs is 2. The van der Waals surface area contributed by atoms with Crippen LogP contribution in [0.15, 0.2) is 36.4 Å². The number of amides is 3. The molecule has 0 unspecified atom stereocenters. The Morgan fingerprint density at radius 2 is 1.87 bits per heavy atom. The topological polar surface area (TPSA) is 64.4 Å². The molecule has 6 heteroatoms. The number of urea groups is 1. The third-order valence-electron chi connectivity index (χ3n) is 4.50. The minimum Gasteiger partial charge on any atom is -0.309 e. The first-order valence-electron chi connectivity index (χ1n) is 7.34. The highest BCUT2D eigenvalue weighted by molar-refractivity contribution is 6.25. The fraction of sp³-hybridized carbons (Fsp3) is 0.235. The zero-order valence-electron chi connectivity index (χ0n) is 12.1. The van der Waals surface area contributed by atoms with E-state index in [1.807, 2.05) is 0 Å². The molecule has 2 aromatic carbocycles. The number of hydrogen-bond donors (Lipinski definition) is 0. The van der Waals surface area contributed by atoms with E-state index < -0.39 is 24.2 Å². The molecule has 5 nitrogen and oxygen atoms in total. The van der Waals surface area contributed by atoms with Gasteiger partial charge in [0.15, 0.2) is 0 Å². The van der Waals surface area contributed by atoms with Crippen molar-refractivity contribution in [2.75, 3.05) is 11.4 Å². The number of imide groups is 1. The Morgan fingerprint density at radius 3 is 2.57 bits per heavy atom. The molecule has 2 fully saturated rings. The number of rotatable bonds is 1. The minimum absolute atomic E-state index is 0.199. The molecule has 0 aromatic heterocycles. The largest absolute Gasteiger partial charge is 0.332 e. The molecule has 23 heavy (non-hydrogen) atoms. The Morgan fingerprint density at radius 1 is 1.13 bits per heavy atom. The van der Waals surface area contributed by atoms with Crippen LogP contribution in [0, 0.1) is 11.3 Å². The van der Waals surface area contributed by atoms with Crippen LogP contribution in [0.5, 0.6) is 0 Å². The van der Waals surface area contributed by atoms with Crippen LogP contribution in [0.3, 0.4) is 0 Å². The molecule has 2 aliphatic rings. The van der Waals surface area contributed by atoms with E-state index in [2.05, 4.69) is 6.07 Å². The number of carbonyl (C=O) groups is 2. The van der Waals surface area contributed by atoms with Gasteiger partial charge in [-0.25, -0.2) is 14.1 Å². The molecule has 0 radical (unpaired) electrons. The van der Waals surface area contributed by atoms with Gasteiger partial charge in [0.1, 0.15) is 12.2 Å². The SMILES string of the molecule is N#Cc1ccc(N2C(=O)[C@@H]3[C@H](F)CCN3C2=O)c2ccccc12. The number of benzene rings is 2. The number of nitrogens with zero attached hydrogens (tertiary/aromatic N) is 3. The zero-order chi connectivity index (χ0) is 16.1. The molecule has 0 aliphatic carbocycles. The van der Waals surface area contributed by atoms with Crippen LogP contribution in [-0.2, 0) is 4.79 Å². The van der Waals surface area contributed by atoms with E-state index in [1.165, 1.54) is 4.90 Å². The number of alkyl halides is 1. The summed E-state index contributed by atoms with van der Waals surface area (Å²) >= 11 is 0. The lowest BCUT2D eigenvalue weighted by atomic mass is 10.0. The van der Waals surface area contributed by atoms with Crippen molar-refractivity contribution in [1.82, 2.24) is 4.90 Å². The standard InChI is InChI=1S/C17H12FN3O2/c18-13-7-8-20-15(13)16(22)21(17(20)23)14-6-5-10(9-19)11-3-1-2-4-12(11)14/h1-6,13,15H,7-8H2/t13-,15+/m1/s1. The van der Waals surface area contributed by atoms with E-state index in [0.717, 1.165) is 4.90 Å². The third kappa shape index (κ3) is 1.77. The number of anilines is 1. The Kier molecular flexibility index (Phi) is 2.85. The molecule has 114 valence electrons. The molecule has 0 spiro atoms. The Hall–Kier alpha value is -2.94. The normalized spacial score (nSPS) is 23.5. The van der Waals surface area contributed by atoms with Crippen molar-refractivity contribution in [3.63, 3.8) is 0 Å². The molecule has 2 heterocycles. The van der Waals surface area contributed by atoms with Crippen molar-refractivity contribution < 1.29 is 14.0 Å². The van der Waals surface area contributed by atoms with Gasteiger partial charge in [-0.2, -0.15) is 5.26 Å². The first-order chi connectivity index (χ1) is 11.1. The Labute approximate surface area is 131 Å². The van der Waals surface area contributed by atoms with Crippen LogP contribution in [0.1, 0.15) is 12.0 Å². The van der Waals surface area contributed by atoms with Gasteiger partial charge in [0.2, 0.25) is 0 Å². The van der Waals surface area contributed by atoms with Gasteiger partial charge in [0.25, 0.3) is 5.91 Å². The van der Waals surface area contributed by atoms with Gasteiger partial charge in [-0.1, -0.05) is 24.3 Å². The summed E-state index contributed by atoms with van der Waals surface area (Å²) in [6, 6.07) is 10.8. The van der Waals surface area contributed by atoms with Crippen LogP contribution in [-0.4, -0.2) is 35.6 Å². The minimum atomic E-state index is -1.32. The van der Waals surface area contributed by atoms with E-state index in [9.17, 15) is 19.2 Å². The maximum Gasteiger partial charge on any atom is 0.332 e. The van der Waals surface area contributed by atoms with E-state index in [0.29, 0.717) is 22.0 Å². The Bertz CT molecular complexity index is 889. The number of carbonyl (C=O) groups excluding carboxylic acids is 2.